The summed E-state index contributed by atoms with van der Waals surface area (Å²) in [6, 6.07) is 0. The van der Waals surface area contributed by atoms with Crippen LogP contribution in [0.2, 0.25) is 0 Å². The second-order valence-corrected chi connectivity index (χ2v) is 10.2. The molecular formula is C28H34O7. The molecule has 35 heavy (non-hydrogen) atoms. The van der Waals surface area contributed by atoms with E-state index in [2.05, 4.69) is 0 Å². The maximum Gasteiger partial charge on any atom is 0.309 e. The van der Waals surface area contributed by atoms with Crippen molar-refractivity contribution in [3.05, 3.63) is 58.7 Å². The molecule has 0 radical (unpaired) electrons. The van der Waals surface area contributed by atoms with Crippen molar-refractivity contribution in [2.24, 2.45) is 5.41 Å². The van der Waals surface area contributed by atoms with Crippen LogP contribution in [0.5, 0.6) is 0 Å². The Hall–Kier alpha value is -3.19. The third-order valence-corrected chi connectivity index (χ3v) is 6.38. The molecule has 188 valence electrons. The van der Waals surface area contributed by atoms with Gasteiger partial charge in [0.05, 0.1) is 11.0 Å². The number of carbonyl (C=O) groups excluding carboxylic acids is 4. The van der Waals surface area contributed by atoms with Crippen LogP contribution in [0.1, 0.15) is 66.2 Å². The first kappa shape index (κ1) is 28.1. The quantitative estimate of drug-likeness (QED) is 0.409. The minimum atomic E-state index is -0.925. The Kier molecular flexibility index (Phi) is 9.21. The summed E-state index contributed by atoms with van der Waals surface area (Å²) in [7, 11) is 1.63. The summed E-state index contributed by atoms with van der Waals surface area (Å²) in [5, 5.41) is 9.24. The molecule has 2 aliphatic carbocycles. The fraction of sp³-hybridized carbons (Fsp3) is 0.464. The molecule has 0 bridgehead atoms. The second-order valence-electron chi connectivity index (χ2n) is 10.2. The van der Waals surface area contributed by atoms with Gasteiger partial charge in [-0.1, -0.05) is 12.2 Å². The second kappa shape index (κ2) is 11.5. The van der Waals surface area contributed by atoms with Gasteiger partial charge in [-0.05, 0) is 90.5 Å². The van der Waals surface area contributed by atoms with Gasteiger partial charge in [0, 0.05) is 29.4 Å². The Bertz CT molecular complexity index is 1070. The predicted molar refractivity (Wildman–Crippen MR) is 132 cm³/mol. The Morgan fingerprint density at radius 3 is 1.63 bits per heavy atom. The molecule has 0 heterocycles. The van der Waals surface area contributed by atoms with Crippen LogP contribution >= 0.6 is 0 Å². The average molecular weight is 483 g/mol. The molecule has 0 fully saturated rings. The fourth-order valence-electron chi connectivity index (χ4n) is 3.80. The van der Waals surface area contributed by atoms with E-state index in [9.17, 15) is 29.1 Å². The highest BCUT2D eigenvalue weighted by atomic mass is 16.5. The predicted octanol–water partition coefficient (Wildman–Crippen LogP) is 4.43. The molecule has 0 aromatic heterocycles. The van der Waals surface area contributed by atoms with Gasteiger partial charge in [0.2, 0.25) is 0 Å². The normalized spacial score (nSPS) is 17.4. The van der Waals surface area contributed by atoms with Crippen molar-refractivity contribution in [1.29, 1.82) is 0 Å². The van der Waals surface area contributed by atoms with Gasteiger partial charge in [-0.2, -0.15) is 0 Å². The molecule has 0 unspecified atom stereocenters. The number of ketones is 4. The summed E-state index contributed by atoms with van der Waals surface area (Å²) in [6.07, 6.45) is 10.7. The molecule has 0 saturated carbocycles. The number of hydrogen-bond donors (Lipinski definition) is 1. The Morgan fingerprint density at radius 2 is 1.23 bits per heavy atom. The van der Waals surface area contributed by atoms with E-state index in [1.54, 1.807) is 21.0 Å². The van der Waals surface area contributed by atoms with E-state index in [0.29, 0.717) is 36.8 Å². The summed E-state index contributed by atoms with van der Waals surface area (Å²) in [4.78, 5) is 61.3. The smallest absolute Gasteiger partial charge is 0.309 e. The number of carbonyl (C=O) groups is 5. The van der Waals surface area contributed by atoms with Crippen LogP contribution in [0.25, 0.3) is 0 Å². The lowest BCUT2D eigenvalue weighted by atomic mass is 9.84. The van der Waals surface area contributed by atoms with E-state index in [-0.39, 0.29) is 46.3 Å². The highest BCUT2D eigenvalue weighted by Crippen LogP contribution is 2.27. The van der Waals surface area contributed by atoms with Crippen LogP contribution in [-0.2, 0) is 28.7 Å². The van der Waals surface area contributed by atoms with Crippen LogP contribution in [-0.4, -0.2) is 46.9 Å². The lowest BCUT2D eigenvalue weighted by Crippen LogP contribution is -2.23. The number of methoxy groups -OCH3 is 1. The molecule has 0 atom stereocenters. The number of carboxylic acid groups (broad SMARTS) is 1. The molecule has 7 heteroatoms. The van der Waals surface area contributed by atoms with Crippen molar-refractivity contribution in [1.82, 2.24) is 0 Å². The van der Waals surface area contributed by atoms with E-state index < -0.39 is 11.4 Å². The summed E-state index contributed by atoms with van der Waals surface area (Å²) in [6.45, 7) is 7.14. The standard InChI is InChI=1S/C28H34O7/c1-27(2,26(33)34)12-6-8-18-14-22(29)16-20(24(18)31)10-11-21-17-23(30)15-19(25(21)32)9-7-13-28(3,4)35-5/h10-11,14-17H,6-9,12-13H2,1-5H3,(H,33,34)/b11-10-. The zero-order valence-electron chi connectivity index (χ0n) is 21.1. The van der Waals surface area contributed by atoms with Gasteiger partial charge in [0.15, 0.2) is 23.1 Å². The van der Waals surface area contributed by atoms with Gasteiger partial charge in [-0.25, -0.2) is 0 Å². The van der Waals surface area contributed by atoms with Gasteiger partial charge < -0.3 is 9.84 Å². The third kappa shape index (κ3) is 7.92. The van der Waals surface area contributed by atoms with Crippen LogP contribution in [0.15, 0.2) is 58.7 Å². The van der Waals surface area contributed by atoms with Crippen LogP contribution in [0.3, 0.4) is 0 Å². The molecule has 0 amide bonds. The number of hydrogen-bond acceptors (Lipinski definition) is 6. The number of allylic oxidation sites excluding steroid dienone is 10. The number of aliphatic carboxylic acids is 1. The largest absolute Gasteiger partial charge is 0.481 e. The van der Waals surface area contributed by atoms with Gasteiger partial charge in [0.25, 0.3) is 0 Å². The summed E-state index contributed by atoms with van der Waals surface area (Å²) >= 11 is 0. The molecule has 2 rings (SSSR count). The number of Topliss-reactive ketones (excluding diaryl/α,β-unsaturated/α-hetero) is 2. The number of carboxylic acids is 1. The van der Waals surface area contributed by atoms with E-state index in [1.165, 1.54) is 36.5 Å². The van der Waals surface area contributed by atoms with Crippen LogP contribution in [0.4, 0.5) is 0 Å². The highest BCUT2D eigenvalue weighted by Gasteiger charge is 2.28. The maximum atomic E-state index is 12.9. The van der Waals surface area contributed by atoms with E-state index in [1.807, 2.05) is 13.8 Å². The summed E-state index contributed by atoms with van der Waals surface area (Å²) in [5.74, 6) is -2.19. The monoisotopic (exact) mass is 482 g/mol. The lowest BCUT2D eigenvalue weighted by Gasteiger charge is -2.23. The number of rotatable bonds is 12. The lowest BCUT2D eigenvalue weighted by molar-refractivity contribution is -0.147. The van der Waals surface area contributed by atoms with Crippen LogP contribution < -0.4 is 0 Å². The highest BCUT2D eigenvalue weighted by molar-refractivity contribution is 6.23. The van der Waals surface area contributed by atoms with Crippen molar-refractivity contribution in [2.45, 2.75) is 71.8 Å². The molecule has 0 saturated heterocycles. The van der Waals surface area contributed by atoms with Crippen molar-refractivity contribution in [2.75, 3.05) is 7.11 Å². The first-order chi connectivity index (χ1) is 16.3. The van der Waals surface area contributed by atoms with Gasteiger partial charge in [-0.3, -0.25) is 24.0 Å². The van der Waals surface area contributed by atoms with Gasteiger partial charge in [-0.15, -0.1) is 0 Å². The molecule has 0 aromatic carbocycles. The summed E-state index contributed by atoms with van der Waals surface area (Å²) in [5.41, 5.74) is -0.241. The first-order valence-electron chi connectivity index (χ1n) is 11.7. The Labute approximate surface area is 206 Å². The maximum absolute atomic E-state index is 12.9. The van der Waals surface area contributed by atoms with Gasteiger partial charge >= 0.3 is 5.97 Å². The minimum Gasteiger partial charge on any atom is -0.481 e. The topological polar surface area (TPSA) is 115 Å². The molecule has 2 aliphatic rings. The molecule has 7 nitrogen and oxygen atoms in total. The Morgan fingerprint density at radius 1 is 0.800 bits per heavy atom. The Balaban J connectivity index is 2.05. The molecule has 0 aliphatic heterocycles. The van der Waals surface area contributed by atoms with E-state index >= 15 is 0 Å². The van der Waals surface area contributed by atoms with Crippen molar-refractivity contribution in [3.63, 3.8) is 0 Å². The van der Waals surface area contributed by atoms with Crippen LogP contribution in [0, 0.1) is 5.41 Å². The molecular weight excluding hydrogens is 448 g/mol. The zero-order chi connectivity index (χ0) is 26.4. The van der Waals surface area contributed by atoms with E-state index in [0.717, 1.165) is 6.42 Å². The first-order valence-corrected chi connectivity index (χ1v) is 11.7. The SMILES string of the molecule is COC(C)(C)CCCC1=CC(=O)C=C(/C=C\C2=CC(=O)C=C(CCCC(C)(C)C(=O)O)C2=O)C1=O. The number of ether oxygens (including phenoxy) is 1. The van der Waals surface area contributed by atoms with Crippen molar-refractivity contribution < 1.29 is 33.8 Å². The fourth-order valence-corrected chi connectivity index (χ4v) is 3.80. The average Bonchev–Trinajstić information content (AvgIpc) is 2.77. The zero-order valence-corrected chi connectivity index (χ0v) is 21.1. The third-order valence-electron chi connectivity index (χ3n) is 6.38. The van der Waals surface area contributed by atoms with Gasteiger partial charge in [0.1, 0.15) is 0 Å². The molecule has 0 spiro atoms. The summed E-state index contributed by atoms with van der Waals surface area (Å²) < 4.78 is 5.39. The van der Waals surface area contributed by atoms with E-state index in [4.69, 9.17) is 4.74 Å². The molecule has 0 aromatic rings. The van der Waals surface area contributed by atoms with Crippen molar-refractivity contribution in [3.8, 4) is 0 Å². The molecule has 1 N–H and O–H groups in total. The minimum absolute atomic E-state index is 0.129. The van der Waals surface area contributed by atoms with Crippen molar-refractivity contribution >= 4 is 29.1 Å².